The number of allylic oxidation sites excluding steroid dienone is 8. The van der Waals surface area contributed by atoms with Crippen molar-refractivity contribution in [2.45, 2.75) is 90.3 Å². The number of nitrogens with zero attached hydrogens (tertiary/aromatic N) is 2. The average molecular weight is 1270 g/mol. The number of rotatable bonds is 22. The van der Waals surface area contributed by atoms with Crippen LogP contribution >= 0.6 is 24.1 Å². The van der Waals surface area contributed by atoms with Gasteiger partial charge in [0.05, 0.1) is 65.4 Å². The number of anilines is 1. The van der Waals surface area contributed by atoms with E-state index in [2.05, 4.69) is 18.7 Å². The summed E-state index contributed by atoms with van der Waals surface area (Å²) >= 11 is 0.855. The SMILES string of the molecule is CC1(C)\C(=C/C=C/C=C/C=C/C2=[N+](CCCCS(=O)(=O)[O-])C3C=Cc4cc(SOO[O-])cc(S(=O)(=O)[O-])c4C3C2(C)C)N(CCCCS(=O)(=O)[O-])c2ccc3cc(S(=O)(=O)[O-])cc(SOO[O-])c3c21.[K+].[K+].[K+].[K+].[K+]. The molecule has 0 bridgehead atoms. The van der Waals surface area contributed by atoms with E-state index in [4.69, 9.17) is 0 Å². The minimum absolute atomic E-state index is 0. The topological polar surface area (TPSA) is 318 Å². The Morgan fingerprint density at radius 3 is 1.91 bits per heavy atom. The molecule has 376 valence electrons. The van der Waals surface area contributed by atoms with Crippen LogP contribution in [0.25, 0.3) is 16.8 Å². The molecule has 0 radical (unpaired) electrons. The second kappa shape index (κ2) is 32.8. The van der Waals surface area contributed by atoms with E-state index in [0.29, 0.717) is 63.1 Å². The maximum absolute atomic E-state index is 12.8. The van der Waals surface area contributed by atoms with Gasteiger partial charge in [0, 0.05) is 62.5 Å². The van der Waals surface area contributed by atoms with Crippen molar-refractivity contribution in [3.05, 3.63) is 107 Å². The standard InChI is InChI=1S/C43H50N2O18S6.5K/c1-42(2)36(44(20-10-12-22-66(48,49)50)32-19-17-29-25-31(68(54,55)56)27-34(65-63-61-47)38(29)40(32)42)14-8-6-5-7-9-15-37-43(3,4)41-33(45(37)21-11-13-23-67(51,52)53)18-16-28-24-30(64-62-60-46)26-35(39(28)41)69(57,58)59;;;;;/h5-9,14-19,24-27,33,41H,10-13,20-23H2,1-4H3,(H5-,46,47,48,49,50,51,52,53,54,55,56,57,58,59);;;;;/q;5*+1/p-5. The van der Waals surface area contributed by atoms with Crippen LogP contribution in [0.4, 0.5) is 5.69 Å². The van der Waals surface area contributed by atoms with E-state index in [1.807, 2.05) is 55.4 Å². The van der Waals surface area contributed by atoms with Crippen LogP contribution in [0.3, 0.4) is 0 Å². The Morgan fingerprint density at radius 1 is 0.716 bits per heavy atom. The Labute approximate surface area is 653 Å². The van der Waals surface area contributed by atoms with Gasteiger partial charge in [-0.15, -0.1) is 0 Å². The molecule has 0 N–H and O–H groups in total. The molecule has 0 spiro atoms. The molecule has 1 aliphatic carbocycles. The number of hydrogen-bond donors (Lipinski definition) is 0. The van der Waals surface area contributed by atoms with Crippen molar-refractivity contribution in [3.63, 3.8) is 0 Å². The maximum Gasteiger partial charge on any atom is 1.00 e. The summed E-state index contributed by atoms with van der Waals surface area (Å²) in [6, 6.07) is 7.79. The van der Waals surface area contributed by atoms with Crippen LogP contribution in [0, 0.1) is 5.41 Å². The summed E-state index contributed by atoms with van der Waals surface area (Å²) in [7, 11) is -19.0. The molecular formula is C43H45K5N2O18S6. The van der Waals surface area contributed by atoms with Crippen molar-refractivity contribution in [2.24, 2.45) is 5.41 Å². The van der Waals surface area contributed by atoms with Crippen LogP contribution in [0.5, 0.6) is 0 Å². The van der Waals surface area contributed by atoms with Crippen molar-refractivity contribution in [3.8, 4) is 0 Å². The third-order valence-corrected chi connectivity index (χ3v) is 16.6. The summed E-state index contributed by atoms with van der Waals surface area (Å²) in [5.74, 6) is -1.76. The van der Waals surface area contributed by atoms with Gasteiger partial charge in [-0.05, 0) is 97.7 Å². The molecule has 2 unspecified atom stereocenters. The van der Waals surface area contributed by atoms with E-state index in [0.717, 1.165) is 12.1 Å². The first kappa shape index (κ1) is 76.4. The molecule has 74 heavy (non-hydrogen) atoms. The molecule has 2 heterocycles. The summed E-state index contributed by atoms with van der Waals surface area (Å²) in [5.41, 5.74) is 1.69. The molecule has 31 heteroatoms. The zero-order valence-corrected chi connectivity index (χ0v) is 62.7. The molecule has 3 aliphatic rings. The van der Waals surface area contributed by atoms with E-state index in [-0.39, 0.29) is 311 Å². The molecule has 2 aliphatic heterocycles. The van der Waals surface area contributed by atoms with Crippen LogP contribution in [0.15, 0.2) is 110 Å². The van der Waals surface area contributed by atoms with E-state index in [1.165, 1.54) is 6.07 Å². The van der Waals surface area contributed by atoms with Crippen molar-refractivity contribution in [1.29, 1.82) is 0 Å². The largest absolute Gasteiger partial charge is 1.00 e. The van der Waals surface area contributed by atoms with Gasteiger partial charge in [0.1, 0.15) is 26.8 Å². The fourth-order valence-electron chi connectivity index (χ4n) is 9.46. The van der Waals surface area contributed by atoms with Crippen molar-refractivity contribution >= 4 is 92.8 Å². The van der Waals surface area contributed by atoms with E-state index in [9.17, 15) is 62.4 Å². The molecule has 0 saturated carbocycles. The molecule has 0 amide bonds. The normalized spacial score (nSPS) is 18.5. The minimum Gasteiger partial charge on any atom is -0.748 e. The first-order chi connectivity index (χ1) is 32.2. The van der Waals surface area contributed by atoms with Crippen LogP contribution < -0.4 is 272 Å². The summed E-state index contributed by atoms with van der Waals surface area (Å²) < 4.78 is 154. The van der Waals surface area contributed by atoms with Crippen molar-refractivity contribution in [1.82, 2.24) is 0 Å². The molecule has 2 atom stereocenters. The monoisotopic (exact) mass is 1260 g/mol. The predicted molar refractivity (Wildman–Crippen MR) is 245 cm³/mol. The van der Waals surface area contributed by atoms with Gasteiger partial charge in [0.25, 0.3) is 0 Å². The van der Waals surface area contributed by atoms with E-state index in [1.54, 1.807) is 54.7 Å². The Bertz CT molecular complexity index is 3150. The van der Waals surface area contributed by atoms with Crippen LogP contribution in [0.2, 0.25) is 0 Å². The second-order valence-corrected chi connectivity index (χ2v) is 24.6. The van der Waals surface area contributed by atoms with E-state index < -0.39 is 84.6 Å². The first-order valence-corrected chi connectivity index (χ1v) is 28.3. The van der Waals surface area contributed by atoms with Crippen LogP contribution in [-0.2, 0) is 64.6 Å². The van der Waals surface area contributed by atoms with Gasteiger partial charge in [-0.2, -0.15) is 8.67 Å². The molecule has 3 aromatic carbocycles. The quantitative estimate of drug-likeness (QED) is 0.0132. The third kappa shape index (κ3) is 19.7. The summed E-state index contributed by atoms with van der Waals surface area (Å²) in [4.78, 5) is 1.09. The fraction of sp³-hybridized carbons (Fsp3) is 0.372. The van der Waals surface area contributed by atoms with Gasteiger partial charge in [0.15, 0.2) is 11.8 Å². The second-order valence-electron chi connectivity index (χ2n) is 17.3. The summed E-state index contributed by atoms with van der Waals surface area (Å²) in [6.45, 7) is 8.09. The van der Waals surface area contributed by atoms with Gasteiger partial charge >= 0.3 is 257 Å². The fourth-order valence-corrected chi connectivity index (χ4v) is 13.1. The summed E-state index contributed by atoms with van der Waals surface area (Å²) in [5, 5.41) is 29.2. The zero-order chi connectivity index (χ0) is 50.7. The zero-order valence-electron chi connectivity index (χ0n) is 42.2. The molecule has 3 aromatic rings. The van der Waals surface area contributed by atoms with Gasteiger partial charge in [-0.25, -0.2) is 38.2 Å². The van der Waals surface area contributed by atoms with Gasteiger partial charge in [-0.3, -0.25) is 10.1 Å². The molecule has 0 saturated heterocycles. The number of unbranched alkanes of at least 4 members (excludes halogenated alkanes) is 2. The Kier molecular flexibility index (Phi) is 33.8. The molecule has 0 fully saturated rings. The Morgan fingerprint density at radius 2 is 1.31 bits per heavy atom. The summed E-state index contributed by atoms with van der Waals surface area (Å²) in [6.07, 6.45) is 16.5. The number of benzene rings is 3. The molecule has 0 aromatic heterocycles. The Hall–Kier alpha value is 4.37. The van der Waals surface area contributed by atoms with Gasteiger partial charge in [0.2, 0.25) is 0 Å². The first-order valence-electron chi connectivity index (χ1n) is 20.9. The minimum atomic E-state index is -5.08. The third-order valence-electron chi connectivity index (χ3n) is 12.1. The van der Waals surface area contributed by atoms with Gasteiger partial charge in [-0.1, -0.05) is 56.4 Å². The van der Waals surface area contributed by atoms with Crippen molar-refractivity contribution in [2.75, 3.05) is 29.5 Å². The van der Waals surface area contributed by atoms with Crippen LogP contribution in [0.1, 0.15) is 76.0 Å². The Balaban J connectivity index is 0.00000548. The molecule has 20 nitrogen and oxygen atoms in total. The average Bonchev–Trinajstić information content (AvgIpc) is 3.60. The van der Waals surface area contributed by atoms with E-state index >= 15 is 0 Å². The van der Waals surface area contributed by atoms with Gasteiger partial charge < -0.3 is 33.6 Å². The maximum atomic E-state index is 12.8. The number of fused-ring (bicyclic) bond motifs is 6. The predicted octanol–water partition coefficient (Wildman–Crippen LogP) is -10.9. The number of hydrogen-bond acceptors (Lipinski definition) is 21. The van der Waals surface area contributed by atoms with Crippen LogP contribution in [-0.4, -0.2) is 92.8 Å². The smallest absolute Gasteiger partial charge is 0.748 e. The molecule has 6 rings (SSSR count). The van der Waals surface area contributed by atoms with Crippen molar-refractivity contribution < 1.29 is 343 Å². The molecular weight excluding hydrogens is 1220 g/mol.